The van der Waals surface area contributed by atoms with E-state index in [9.17, 15) is 9.59 Å². The molecule has 0 spiro atoms. The van der Waals surface area contributed by atoms with E-state index < -0.39 is 12.1 Å². The van der Waals surface area contributed by atoms with Gasteiger partial charge in [0.15, 0.2) is 6.10 Å². The van der Waals surface area contributed by atoms with Gasteiger partial charge in [0.05, 0.1) is 12.5 Å². The first-order chi connectivity index (χ1) is 13.3. The van der Waals surface area contributed by atoms with Crippen LogP contribution in [0.5, 0.6) is 17.2 Å². The zero-order valence-corrected chi connectivity index (χ0v) is 16.6. The van der Waals surface area contributed by atoms with Crippen LogP contribution in [0.15, 0.2) is 45.8 Å². The molecule has 146 valence electrons. The monoisotopic (exact) mass is 402 g/mol. The van der Waals surface area contributed by atoms with Crippen LogP contribution in [0.4, 0.5) is 0 Å². The van der Waals surface area contributed by atoms with Crippen molar-refractivity contribution in [2.24, 2.45) is 0 Å². The quantitative estimate of drug-likeness (QED) is 0.571. The Morgan fingerprint density at radius 1 is 1.11 bits per heavy atom. The van der Waals surface area contributed by atoms with Gasteiger partial charge in [-0.15, -0.1) is 0 Å². The zero-order valence-electron chi connectivity index (χ0n) is 15.9. The van der Waals surface area contributed by atoms with Crippen LogP contribution >= 0.6 is 11.6 Å². The largest absolute Gasteiger partial charge is 0.479 e. The summed E-state index contributed by atoms with van der Waals surface area (Å²) in [5.41, 5.74) is 1.70. The third kappa shape index (κ3) is 3.97. The lowest BCUT2D eigenvalue weighted by Gasteiger charge is -2.13. The number of hydrogen-bond donors (Lipinski definition) is 0. The molecule has 0 aliphatic heterocycles. The lowest BCUT2D eigenvalue weighted by Crippen LogP contribution is -2.24. The second kappa shape index (κ2) is 7.94. The first-order valence-electron chi connectivity index (χ1n) is 8.54. The second-order valence-electron chi connectivity index (χ2n) is 6.34. The normalized spacial score (nSPS) is 11.9. The minimum absolute atomic E-state index is 0.0604. The van der Waals surface area contributed by atoms with Crippen LogP contribution in [0.1, 0.15) is 18.1 Å². The minimum Gasteiger partial charge on any atom is -0.479 e. The van der Waals surface area contributed by atoms with E-state index in [1.165, 1.54) is 19.4 Å². The predicted molar refractivity (Wildman–Crippen MR) is 106 cm³/mol. The Morgan fingerprint density at radius 3 is 2.43 bits per heavy atom. The molecule has 0 N–H and O–H groups in total. The lowest BCUT2D eigenvalue weighted by atomic mass is 10.1. The summed E-state index contributed by atoms with van der Waals surface area (Å²) in [7, 11) is 1.28. The number of aryl methyl sites for hydroxylation is 2. The van der Waals surface area contributed by atoms with Gasteiger partial charge in [0.1, 0.15) is 23.3 Å². The molecule has 0 fully saturated rings. The lowest BCUT2D eigenvalue weighted by molar-refractivity contribution is -0.147. The molecule has 0 amide bonds. The fourth-order valence-electron chi connectivity index (χ4n) is 2.74. The van der Waals surface area contributed by atoms with E-state index in [2.05, 4.69) is 4.74 Å². The van der Waals surface area contributed by atoms with Gasteiger partial charge in [-0.25, -0.2) is 4.79 Å². The first kappa shape index (κ1) is 19.8. The van der Waals surface area contributed by atoms with Crippen molar-refractivity contribution < 1.29 is 23.4 Å². The number of carbonyl (C=O) groups is 1. The summed E-state index contributed by atoms with van der Waals surface area (Å²) in [5.74, 6) is 0.438. The molecule has 1 heterocycles. The number of ether oxygens (including phenoxy) is 3. The number of benzene rings is 2. The van der Waals surface area contributed by atoms with Crippen LogP contribution in [-0.2, 0) is 9.53 Å². The van der Waals surface area contributed by atoms with Crippen molar-refractivity contribution in [2.45, 2.75) is 26.9 Å². The molecule has 3 rings (SSSR count). The van der Waals surface area contributed by atoms with Gasteiger partial charge < -0.3 is 18.6 Å². The van der Waals surface area contributed by atoms with Gasteiger partial charge in [-0.3, -0.25) is 4.79 Å². The molecule has 6 nitrogen and oxygen atoms in total. The van der Waals surface area contributed by atoms with E-state index in [0.29, 0.717) is 27.5 Å². The van der Waals surface area contributed by atoms with Crippen LogP contribution in [0.25, 0.3) is 11.0 Å². The number of fused-ring (bicyclic) bond motifs is 1. The Balaban J connectivity index is 1.91. The van der Waals surface area contributed by atoms with Crippen molar-refractivity contribution in [3.05, 3.63) is 63.0 Å². The van der Waals surface area contributed by atoms with E-state index in [1.54, 1.807) is 31.2 Å². The molecular weight excluding hydrogens is 384 g/mol. The maximum absolute atomic E-state index is 12.7. The Kier molecular flexibility index (Phi) is 5.61. The highest BCUT2D eigenvalue weighted by atomic mass is 35.5. The first-order valence-corrected chi connectivity index (χ1v) is 8.92. The number of esters is 1. The van der Waals surface area contributed by atoms with E-state index >= 15 is 0 Å². The topological polar surface area (TPSA) is 75.0 Å². The fourth-order valence-corrected chi connectivity index (χ4v) is 2.85. The number of rotatable bonds is 5. The summed E-state index contributed by atoms with van der Waals surface area (Å²) in [6, 6.07) is 8.19. The zero-order chi connectivity index (χ0) is 20.4. The van der Waals surface area contributed by atoms with Gasteiger partial charge in [-0.1, -0.05) is 11.6 Å². The number of hydrogen-bond acceptors (Lipinski definition) is 6. The van der Waals surface area contributed by atoms with Gasteiger partial charge in [-0.2, -0.15) is 0 Å². The molecule has 7 heteroatoms. The van der Waals surface area contributed by atoms with Gasteiger partial charge in [-0.05, 0) is 56.2 Å². The highest BCUT2D eigenvalue weighted by Gasteiger charge is 2.16. The smallest absolute Gasteiger partial charge is 0.346 e. The molecule has 0 saturated carbocycles. The Hall–Kier alpha value is -2.99. The molecule has 0 saturated heterocycles. The molecule has 0 aliphatic carbocycles. The maximum atomic E-state index is 12.7. The molecule has 0 bridgehead atoms. The van der Waals surface area contributed by atoms with Gasteiger partial charge in [0, 0.05) is 11.1 Å². The number of carbonyl (C=O) groups excluding carboxylic acids is 1. The van der Waals surface area contributed by atoms with Crippen LogP contribution < -0.4 is 14.9 Å². The Morgan fingerprint density at radius 2 is 1.79 bits per heavy atom. The minimum atomic E-state index is -0.784. The molecular formula is C21H19ClO6. The average molecular weight is 403 g/mol. The van der Waals surface area contributed by atoms with Crippen LogP contribution in [-0.4, -0.2) is 19.2 Å². The van der Waals surface area contributed by atoms with E-state index in [1.807, 2.05) is 13.8 Å². The van der Waals surface area contributed by atoms with Crippen molar-refractivity contribution in [1.82, 2.24) is 0 Å². The van der Waals surface area contributed by atoms with Crippen molar-refractivity contribution in [2.75, 3.05) is 7.11 Å². The summed E-state index contributed by atoms with van der Waals surface area (Å²) in [5, 5.41) is 0.990. The van der Waals surface area contributed by atoms with E-state index in [-0.39, 0.29) is 11.2 Å². The molecule has 1 atom stereocenters. The molecule has 0 radical (unpaired) electrons. The molecule has 1 aromatic heterocycles. The number of methoxy groups -OCH3 is 1. The van der Waals surface area contributed by atoms with Crippen LogP contribution in [0.2, 0.25) is 5.02 Å². The average Bonchev–Trinajstić information content (AvgIpc) is 2.67. The number of halogens is 1. The van der Waals surface area contributed by atoms with Gasteiger partial charge in [0.25, 0.3) is 0 Å². The third-order valence-electron chi connectivity index (χ3n) is 4.20. The molecule has 0 unspecified atom stereocenters. The highest BCUT2D eigenvalue weighted by molar-refractivity contribution is 6.32. The molecule has 3 aromatic rings. The Labute approximate surface area is 166 Å². The van der Waals surface area contributed by atoms with E-state index in [0.717, 1.165) is 11.1 Å². The standard InChI is InChI=1S/C21H19ClO6/c1-11-7-15(8-12(2)19(11)22)28-18-10-26-17-9-14(5-6-16(17)20(18)23)27-13(3)21(24)25-4/h5-10,13H,1-4H3/t13-/m1/s1. The summed E-state index contributed by atoms with van der Waals surface area (Å²) < 4.78 is 21.4. The van der Waals surface area contributed by atoms with Crippen molar-refractivity contribution in [1.29, 1.82) is 0 Å². The van der Waals surface area contributed by atoms with Gasteiger partial charge >= 0.3 is 5.97 Å². The van der Waals surface area contributed by atoms with Crippen LogP contribution in [0.3, 0.4) is 0 Å². The fraction of sp³-hybridized carbons (Fsp3) is 0.238. The second-order valence-corrected chi connectivity index (χ2v) is 6.72. The molecule has 0 aliphatic rings. The van der Waals surface area contributed by atoms with Crippen molar-refractivity contribution in [3.8, 4) is 17.2 Å². The summed E-state index contributed by atoms with van der Waals surface area (Å²) >= 11 is 6.16. The van der Waals surface area contributed by atoms with Crippen molar-refractivity contribution >= 4 is 28.5 Å². The highest BCUT2D eigenvalue weighted by Crippen LogP contribution is 2.29. The molecule has 2 aromatic carbocycles. The third-order valence-corrected chi connectivity index (χ3v) is 4.79. The maximum Gasteiger partial charge on any atom is 0.346 e. The summed E-state index contributed by atoms with van der Waals surface area (Å²) in [6.07, 6.45) is 0.463. The predicted octanol–water partition coefficient (Wildman–Crippen LogP) is 4.80. The van der Waals surface area contributed by atoms with Gasteiger partial charge in [0.2, 0.25) is 11.2 Å². The van der Waals surface area contributed by atoms with E-state index in [4.69, 9.17) is 25.5 Å². The van der Waals surface area contributed by atoms with Crippen molar-refractivity contribution in [3.63, 3.8) is 0 Å². The van der Waals surface area contributed by atoms with Crippen LogP contribution in [0, 0.1) is 13.8 Å². The summed E-state index contributed by atoms with van der Waals surface area (Å²) in [4.78, 5) is 24.2. The Bertz CT molecular complexity index is 1080. The molecule has 28 heavy (non-hydrogen) atoms. The SMILES string of the molecule is COC(=O)[C@@H](C)Oc1ccc2c(=O)c(Oc3cc(C)c(Cl)c(C)c3)coc2c1. The summed E-state index contributed by atoms with van der Waals surface area (Å²) in [6.45, 7) is 5.29.